The van der Waals surface area contributed by atoms with Crippen LogP contribution in [0, 0.1) is 0 Å². The van der Waals surface area contributed by atoms with Gasteiger partial charge in [0.05, 0.1) is 17.6 Å². The number of hydrogen-bond acceptors (Lipinski definition) is 5. The first-order valence-corrected chi connectivity index (χ1v) is 9.90. The summed E-state index contributed by atoms with van der Waals surface area (Å²) in [5.41, 5.74) is 3.05. The number of rotatable bonds is 4. The highest BCUT2D eigenvalue weighted by Crippen LogP contribution is 2.33. The van der Waals surface area contributed by atoms with Gasteiger partial charge in [-0.05, 0) is 54.6 Å². The molecule has 5 aromatic rings. The fraction of sp³-hybridized carbons (Fsp3) is 0.0455. The smallest absolute Gasteiger partial charge is 0.215 e. The predicted octanol–water partition coefficient (Wildman–Crippen LogP) is 6.00. The first-order valence-electron chi connectivity index (χ1n) is 9.14. The molecule has 0 aliphatic rings. The first-order chi connectivity index (χ1) is 14.6. The van der Waals surface area contributed by atoms with Gasteiger partial charge in [-0.1, -0.05) is 35.3 Å². The minimum absolute atomic E-state index is 0.486. The molecular weight excluding hydrogens is 421 g/mol. The van der Waals surface area contributed by atoms with Crippen LogP contribution in [-0.2, 0) is 0 Å². The molecule has 2 heterocycles. The lowest BCUT2D eigenvalue weighted by Crippen LogP contribution is -2.04. The van der Waals surface area contributed by atoms with Crippen molar-refractivity contribution in [2.24, 2.45) is 0 Å². The summed E-state index contributed by atoms with van der Waals surface area (Å²) in [5.74, 6) is 1.91. The second kappa shape index (κ2) is 7.48. The molecule has 8 heteroatoms. The Balaban J connectivity index is 1.75. The van der Waals surface area contributed by atoms with Crippen molar-refractivity contribution in [1.29, 1.82) is 0 Å². The van der Waals surface area contributed by atoms with Crippen molar-refractivity contribution in [1.82, 2.24) is 19.6 Å². The summed E-state index contributed by atoms with van der Waals surface area (Å²) in [7, 11) is 1.64. The number of nitrogens with zero attached hydrogens (tertiary/aromatic N) is 4. The third-order valence-corrected chi connectivity index (χ3v) is 5.31. The Morgan fingerprint density at radius 1 is 0.933 bits per heavy atom. The van der Waals surface area contributed by atoms with Crippen molar-refractivity contribution in [2.75, 3.05) is 12.4 Å². The summed E-state index contributed by atoms with van der Waals surface area (Å²) < 4.78 is 7.10. The summed E-state index contributed by atoms with van der Waals surface area (Å²) in [5, 5.41) is 14.2. The van der Waals surface area contributed by atoms with Crippen LogP contribution < -0.4 is 10.1 Å². The molecule has 6 nitrogen and oxygen atoms in total. The average Bonchev–Trinajstić information content (AvgIpc) is 3.20. The molecule has 0 aliphatic heterocycles. The van der Waals surface area contributed by atoms with Gasteiger partial charge in [-0.2, -0.15) is 0 Å². The molecule has 0 amide bonds. The van der Waals surface area contributed by atoms with Gasteiger partial charge in [0.2, 0.25) is 5.95 Å². The Bertz CT molecular complexity index is 1380. The number of anilines is 2. The van der Waals surface area contributed by atoms with Crippen molar-refractivity contribution in [3.63, 3.8) is 0 Å². The summed E-state index contributed by atoms with van der Waals surface area (Å²) in [6, 6.07) is 20.7. The maximum Gasteiger partial charge on any atom is 0.215 e. The van der Waals surface area contributed by atoms with Crippen LogP contribution in [-0.4, -0.2) is 26.7 Å². The quantitative estimate of drug-likeness (QED) is 0.374. The van der Waals surface area contributed by atoms with Crippen molar-refractivity contribution in [3.05, 3.63) is 76.8 Å². The van der Waals surface area contributed by atoms with E-state index in [1.165, 1.54) is 0 Å². The van der Waals surface area contributed by atoms with Crippen LogP contribution in [0.5, 0.6) is 5.75 Å². The number of nitrogens with one attached hydrogen (secondary N) is 1. The highest BCUT2D eigenvalue weighted by molar-refractivity contribution is 6.36. The van der Waals surface area contributed by atoms with Crippen molar-refractivity contribution in [3.8, 4) is 17.1 Å². The van der Waals surface area contributed by atoms with Crippen LogP contribution in [0.3, 0.4) is 0 Å². The van der Waals surface area contributed by atoms with E-state index in [-0.39, 0.29) is 0 Å². The molecule has 0 unspecified atom stereocenters. The van der Waals surface area contributed by atoms with Crippen LogP contribution >= 0.6 is 23.2 Å². The molecule has 30 heavy (non-hydrogen) atoms. The second-order valence-electron chi connectivity index (χ2n) is 6.61. The Hall–Kier alpha value is -3.35. The van der Waals surface area contributed by atoms with Gasteiger partial charge in [0.15, 0.2) is 11.5 Å². The highest BCUT2D eigenvalue weighted by Gasteiger charge is 2.18. The molecular formula is C22H15Cl2N5O. The van der Waals surface area contributed by atoms with Crippen LogP contribution in [0.1, 0.15) is 0 Å². The zero-order valence-corrected chi connectivity index (χ0v) is 17.3. The number of methoxy groups -OCH3 is 1. The zero-order chi connectivity index (χ0) is 20.7. The number of ether oxygens (including phenoxy) is 1. The van der Waals surface area contributed by atoms with Gasteiger partial charge in [-0.25, -0.2) is 9.38 Å². The monoisotopic (exact) mass is 435 g/mol. The highest BCUT2D eigenvalue weighted by atomic mass is 35.5. The molecule has 0 fully saturated rings. The van der Waals surface area contributed by atoms with E-state index in [0.717, 1.165) is 22.3 Å². The van der Waals surface area contributed by atoms with Crippen LogP contribution in [0.25, 0.3) is 27.9 Å². The Morgan fingerprint density at radius 2 is 1.73 bits per heavy atom. The number of aromatic nitrogens is 4. The maximum absolute atomic E-state index is 6.47. The Morgan fingerprint density at radius 3 is 2.50 bits per heavy atom. The fourth-order valence-electron chi connectivity index (χ4n) is 3.32. The van der Waals surface area contributed by atoms with Crippen LogP contribution in [0.2, 0.25) is 10.0 Å². The van der Waals surface area contributed by atoms with Gasteiger partial charge in [-0.3, -0.25) is 0 Å². The molecule has 148 valence electrons. The van der Waals surface area contributed by atoms with Gasteiger partial charge in [0.25, 0.3) is 0 Å². The Kier molecular flexibility index (Phi) is 4.65. The van der Waals surface area contributed by atoms with Gasteiger partial charge in [0.1, 0.15) is 5.75 Å². The topological polar surface area (TPSA) is 64.3 Å². The summed E-state index contributed by atoms with van der Waals surface area (Å²) in [6.45, 7) is 0. The standard InChI is InChI=1S/C22H15Cl2N5O/c1-30-15-9-7-14(8-10-15)25-22-26-19-5-3-2-4-17(19)21-28-27-20(29(21)22)16-11-6-13(23)12-18(16)24/h2-12H,1H3,(H,25,26). The van der Waals surface area contributed by atoms with Crippen LogP contribution in [0.4, 0.5) is 11.6 Å². The molecule has 0 bridgehead atoms. The largest absolute Gasteiger partial charge is 0.497 e. The van der Waals surface area contributed by atoms with Crippen molar-refractivity contribution >= 4 is 51.4 Å². The summed E-state index contributed by atoms with van der Waals surface area (Å²) in [6.07, 6.45) is 0. The molecule has 0 aliphatic carbocycles. The van der Waals surface area contributed by atoms with E-state index < -0.39 is 0 Å². The zero-order valence-electron chi connectivity index (χ0n) is 15.8. The number of fused-ring (bicyclic) bond motifs is 3. The minimum atomic E-state index is 0.486. The molecule has 0 radical (unpaired) electrons. The lowest BCUT2D eigenvalue weighted by atomic mass is 10.2. The summed E-state index contributed by atoms with van der Waals surface area (Å²) in [4.78, 5) is 4.82. The average molecular weight is 436 g/mol. The lowest BCUT2D eigenvalue weighted by molar-refractivity contribution is 0.415. The summed E-state index contributed by atoms with van der Waals surface area (Å²) >= 11 is 12.5. The minimum Gasteiger partial charge on any atom is -0.497 e. The molecule has 1 N–H and O–H groups in total. The van der Waals surface area contributed by atoms with Crippen molar-refractivity contribution < 1.29 is 4.74 Å². The number of hydrogen-bond donors (Lipinski definition) is 1. The molecule has 0 spiro atoms. The SMILES string of the molecule is COc1ccc(Nc2nc3ccccc3c3nnc(-c4ccc(Cl)cc4Cl)n23)cc1. The first kappa shape index (κ1) is 18.7. The maximum atomic E-state index is 6.47. The van der Waals surface area contributed by atoms with Gasteiger partial charge in [0, 0.05) is 21.7 Å². The third kappa shape index (κ3) is 3.20. The molecule has 0 atom stereocenters. The fourth-order valence-corrected chi connectivity index (χ4v) is 3.81. The Labute approximate surface area is 182 Å². The van der Waals surface area contributed by atoms with Gasteiger partial charge in [-0.15, -0.1) is 10.2 Å². The predicted molar refractivity (Wildman–Crippen MR) is 120 cm³/mol. The van der Waals surface area contributed by atoms with Crippen LogP contribution in [0.15, 0.2) is 66.7 Å². The van der Waals surface area contributed by atoms with E-state index in [0.29, 0.717) is 33.0 Å². The number of benzene rings is 3. The van der Waals surface area contributed by atoms with E-state index in [1.807, 2.05) is 59.0 Å². The molecule has 5 rings (SSSR count). The lowest BCUT2D eigenvalue weighted by Gasteiger charge is -2.12. The molecule has 0 saturated carbocycles. The van der Waals surface area contributed by atoms with Gasteiger partial charge >= 0.3 is 0 Å². The third-order valence-electron chi connectivity index (χ3n) is 4.76. The van der Waals surface area contributed by atoms with Crippen molar-refractivity contribution in [2.45, 2.75) is 0 Å². The molecule has 2 aromatic heterocycles. The van der Waals surface area contributed by atoms with E-state index in [2.05, 4.69) is 15.5 Å². The van der Waals surface area contributed by atoms with E-state index in [1.54, 1.807) is 19.2 Å². The molecule has 0 saturated heterocycles. The normalized spacial score (nSPS) is 11.2. The molecule has 3 aromatic carbocycles. The van der Waals surface area contributed by atoms with E-state index in [4.69, 9.17) is 32.9 Å². The van der Waals surface area contributed by atoms with E-state index in [9.17, 15) is 0 Å². The van der Waals surface area contributed by atoms with Gasteiger partial charge < -0.3 is 10.1 Å². The van der Waals surface area contributed by atoms with E-state index >= 15 is 0 Å². The second-order valence-corrected chi connectivity index (χ2v) is 7.46. The number of halogens is 2. The number of para-hydroxylation sites is 1.